The SMILES string of the molecule is COc1ccc(C#CCN)cc1NS(=O)(=O)NC(C)(C)C. The zero-order valence-corrected chi connectivity index (χ0v) is 13.5. The Kier molecular flexibility index (Phi) is 5.61. The summed E-state index contributed by atoms with van der Waals surface area (Å²) >= 11 is 0. The highest BCUT2D eigenvalue weighted by Gasteiger charge is 2.21. The Morgan fingerprint density at radius 1 is 1.33 bits per heavy atom. The molecule has 0 heterocycles. The van der Waals surface area contributed by atoms with E-state index in [0.29, 0.717) is 17.0 Å². The van der Waals surface area contributed by atoms with Crippen molar-refractivity contribution in [1.82, 2.24) is 4.72 Å². The van der Waals surface area contributed by atoms with Gasteiger partial charge in [-0.3, -0.25) is 4.72 Å². The van der Waals surface area contributed by atoms with Crippen LogP contribution < -0.4 is 19.9 Å². The molecule has 0 saturated heterocycles. The summed E-state index contributed by atoms with van der Waals surface area (Å²) in [4.78, 5) is 0. The Balaban J connectivity index is 3.10. The number of anilines is 1. The Morgan fingerprint density at radius 2 is 2.00 bits per heavy atom. The van der Waals surface area contributed by atoms with E-state index in [1.54, 1.807) is 39.0 Å². The van der Waals surface area contributed by atoms with Gasteiger partial charge in [-0.1, -0.05) is 11.8 Å². The predicted octanol–water partition coefficient (Wildman–Crippen LogP) is 1.05. The van der Waals surface area contributed by atoms with Crippen LogP contribution in [0.1, 0.15) is 26.3 Å². The average Bonchev–Trinajstić information content (AvgIpc) is 2.33. The monoisotopic (exact) mass is 311 g/mol. The van der Waals surface area contributed by atoms with Crippen molar-refractivity contribution >= 4 is 15.9 Å². The van der Waals surface area contributed by atoms with Crippen molar-refractivity contribution in [3.63, 3.8) is 0 Å². The van der Waals surface area contributed by atoms with Crippen molar-refractivity contribution in [3.8, 4) is 17.6 Å². The number of hydrogen-bond donors (Lipinski definition) is 3. The molecule has 0 unspecified atom stereocenters. The van der Waals surface area contributed by atoms with Crippen LogP contribution in [0.2, 0.25) is 0 Å². The highest BCUT2D eigenvalue weighted by Crippen LogP contribution is 2.26. The first-order chi connectivity index (χ1) is 9.67. The molecule has 1 aromatic rings. The molecule has 1 rings (SSSR count). The van der Waals surface area contributed by atoms with E-state index in [-0.39, 0.29) is 6.54 Å². The second-order valence-electron chi connectivity index (χ2n) is 5.38. The zero-order valence-electron chi connectivity index (χ0n) is 12.6. The molecule has 0 aliphatic rings. The lowest BCUT2D eigenvalue weighted by molar-refractivity contribution is 0.416. The smallest absolute Gasteiger partial charge is 0.299 e. The second-order valence-corrected chi connectivity index (χ2v) is 6.79. The summed E-state index contributed by atoms with van der Waals surface area (Å²) in [5.74, 6) is 5.97. The summed E-state index contributed by atoms with van der Waals surface area (Å²) in [7, 11) is -2.25. The summed E-state index contributed by atoms with van der Waals surface area (Å²) in [6.07, 6.45) is 0. The van der Waals surface area contributed by atoms with Gasteiger partial charge in [0.25, 0.3) is 10.2 Å². The molecule has 6 nitrogen and oxygen atoms in total. The first-order valence-electron chi connectivity index (χ1n) is 6.35. The fraction of sp³-hybridized carbons (Fsp3) is 0.429. The molecule has 4 N–H and O–H groups in total. The number of hydrogen-bond acceptors (Lipinski definition) is 4. The third-order valence-electron chi connectivity index (χ3n) is 2.22. The maximum Gasteiger partial charge on any atom is 0.299 e. The van der Waals surface area contributed by atoms with Gasteiger partial charge in [0.1, 0.15) is 5.75 Å². The van der Waals surface area contributed by atoms with E-state index in [0.717, 1.165) is 0 Å². The molecule has 0 spiro atoms. The molecule has 0 bridgehead atoms. The molecule has 0 saturated carbocycles. The maximum absolute atomic E-state index is 12.1. The van der Waals surface area contributed by atoms with Gasteiger partial charge in [0.05, 0.1) is 19.3 Å². The van der Waals surface area contributed by atoms with Gasteiger partial charge in [0, 0.05) is 11.1 Å². The van der Waals surface area contributed by atoms with Crippen LogP contribution in [0.3, 0.4) is 0 Å². The third kappa shape index (κ3) is 6.04. The highest BCUT2D eigenvalue weighted by molar-refractivity contribution is 7.90. The van der Waals surface area contributed by atoms with E-state index in [9.17, 15) is 8.42 Å². The first-order valence-corrected chi connectivity index (χ1v) is 7.84. The summed E-state index contributed by atoms with van der Waals surface area (Å²) in [6, 6.07) is 4.98. The summed E-state index contributed by atoms with van der Waals surface area (Å²) in [5, 5.41) is 0. The van der Waals surface area contributed by atoms with Crippen LogP contribution in [0.15, 0.2) is 18.2 Å². The normalized spacial score (nSPS) is 11.5. The van der Waals surface area contributed by atoms with Crippen molar-refractivity contribution in [3.05, 3.63) is 23.8 Å². The fourth-order valence-electron chi connectivity index (χ4n) is 1.59. The minimum Gasteiger partial charge on any atom is -0.495 e. The highest BCUT2D eigenvalue weighted by atomic mass is 32.2. The summed E-state index contributed by atoms with van der Waals surface area (Å²) in [5.41, 5.74) is 5.70. The van der Waals surface area contributed by atoms with Gasteiger partial charge in [-0.25, -0.2) is 0 Å². The number of methoxy groups -OCH3 is 1. The second kappa shape index (κ2) is 6.80. The lowest BCUT2D eigenvalue weighted by Gasteiger charge is -2.21. The number of nitrogens with one attached hydrogen (secondary N) is 2. The number of ether oxygens (including phenoxy) is 1. The van der Waals surface area contributed by atoms with E-state index < -0.39 is 15.7 Å². The molecule has 0 aliphatic carbocycles. The first kappa shape index (κ1) is 17.3. The van der Waals surface area contributed by atoms with E-state index >= 15 is 0 Å². The molecule has 7 heteroatoms. The minimum atomic E-state index is -3.72. The molecule has 0 aliphatic heterocycles. The Bertz CT molecular complexity index is 652. The number of rotatable bonds is 4. The van der Waals surface area contributed by atoms with Crippen LogP contribution in [0.25, 0.3) is 0 Å². The van der Waals surface area contributed by atoms with E-state index in [4.69, 9.17) is 10.5 Å². The third-order valence-corrected chi connectivity index (χ3v) is 3.59. The topological polar surface area (TPSA) is 93.4 Å². The number of nitrogens with two attached hydrogens (primary N) is 1. The molecular formula is C14H21N3O3S. The van der Waals surface area contributed by atoms with Crippen LogP contribution in [0, 0.1) is 11.8 Å². The lowest BCUT2D eigenvalue weighted by atomic mass is 10.1. The van der Waals surface area contributed by atoms with Crippen LogP contribution >= 0.6 is 0 Å². The fourth-order valence-corrected chi connectivity index (χ4v) is 2.90. The Morgan fingerprint density at radius 3 is 2.52 bits per heavy atom. The standard InChI is InChI=1S/C14H21N3O3S/c1-14(2,3)17-21(18,19)16-12-10-11(6-5-9-15)7-8-13(12)20-4/h7-8,10,16-17H,9,15H2,1-4H3. The van der Waals surface area contributed by atoms with Gasteiger partial charge in [0.15, 0.2) is 0 Å². The van der Waals surface area contributed by atoms with Gasteiger partial charge < -0.3 is 10.5 Å². The van der Waals surface area contributed by atoms with Gasteiger partial charge in [-0.2, -0.15) is 13.1 Å². The molecule has 116 valence electrons. The zero-order chi connectivity index (χ0) is 16.1. The quantitative estimate of drug-likeness (QED) is 0.725. The van der Waals surface area contributed by atoms with E-state index in [1.807, 2.05) is 0 Å². The average molecular weight is 311 g/mol. The molecule has 21 heavy (non-hydrogen) atoms. The predicted molar refractivity (Wildman–Crippen MR) is 84.4 cm³/mol. The minimum absolute atomic E-state index is 0.235. The Labute approximate surface area is 126 Å². The van der Waals surface area contributed by atoms with E-state index in [1.165, 1.54) is 7.11 Å². The molecule has 0 radical (unpaired) electrons. The molecule has 0 amide bonds. The van der Waals surface area contributed by atoms with Crippen LogP contribution in [-0.2, 0) is 10.2 Å². The lowest BCUT2D eigenvalue weighted by Crippen LogP contribution is -2.43. The van der Waals surface area contributed by atoms with Crippen molar-refractivity contribution in [2.45, 2.75) is 26.3 Å². The van der Waals surface area contributed by atoms with Gasteiger partial charge in [-0.15, -0.1) is 0 Å². The van der Waals surface area contributed by atoms with Crippen molar-refractivity contribution in [1.29, 1.82) is 0 Å². The van der Waals surface area contributed by atoms with Crippen molar-refractivity contribution in [2.24, 2.45) is 5.73 Å². The van der Waals surface area contributed by atoms with Crippen molar-refractivity contribution < 1.29 is 13.2 Å². The Hall–Kier alpha value is -1.75. The number of benzene rings is 1. The van der Waals surface area contributed by atoms with Crippen LogP contribution in [0.5, 0.6) is 5.75 Å². The molecule has 0 aromatic heterocycles. The maximum atomic E-state index is 12.1. The molecule has 1 aromatic carbocycles. The van der Waals surface area contributed by atoms with Gasteiger partial charge >= 0.3 is 0 Å². The molecular weight excluding hydrogens is 290 g/mol. The van der Waals surface area contributed by atoms with Crippen LogP contribution in [0.4, 0.5) is 5.69 Å². The molecule has 0 atom stereocenters. The van der Waals surface area contributed by atoms with Gasteiger partial charge in [0.2, 0.25) is 0 Å². The summed E-state index contributed by atoms with van der Waals surface area (Å²) < 4.78 is 34.3. The summed E-state index contributed by atoms with van der Waals surface area (Å²) in [6.45, 7) is 5.50. The van der Waals surface area contributed by atoms with Gasteiger partial charge in [-0.05, 0) is 39.0 Å². The van der Waals surface area contributed by atoms with E-state index in [2.05, 4.69) is 21.3 Å². The van der Waals surface area contributed by atoms with Crippen molar-refractivity contribution in [2.75, 3.05) is 18.4 Å². The largest absolute Gasteiger partial charge is 0.495 e. The molecule has 0 fully saturated rings. The van der Waals surface area contributed by atoms with Crippen LogP contribution in [-0.4, -0.2) is 27.6 Å².